The SMILES string of the molecule is CN(Cc1ccc(Cl)s1)C(=O)CN1C(=O)NC(C)(C)C1=O. The number of nitrogens with one attached hydrogen (secondary N) is 1. The topological polar surface area (TPSA) is 69.7 Å². The second-order valence-electron chi connectivity index (χ2n) is 5.40. The van der Waals surface area contributed by atoms with E-state index in [0.29, 0.717) is 10.9 Å². The highest BCUT2D eigenvalue weighted by atomic mass is 35.5. The highest BCUT2D eigenvalue weighted by molar-refractivity contribution is 7.16. The molecule has 1 saturated heterocycles. The van der Waals surface area contributed by atoms with Crippen molar-refractivity contribution in [2.75, 3.05) is 13.6 Å². The summed E-state index contributed by atoms with van der Waals surface area (Å²) in [5, 5.41) is 2.54. The first-order valence-electron chi connectivity index (χ1n) is 6.33. The zero-order chi connectivity index (χ0) is 15.8. The Hall–Kier alpha value is -1.60. The molecule has 1 aromatic heterocycles. The average Bonchev–Trinajstić information content (AvgIpc) is 2.86. The third kappa shape index (κ3) is 3.36. The van der Waals surface area contributed by atoms with E-state index < -0.39 is 17.5 Å². The summed E-state index contributed by atoms with van der Waals surface area (Å²) in [6, 6.07) is 3.07. The molecular formula is C13H16ClN3O3S. The molecule has 2 rings (SSSR count). The summed E-state index contributed by atoms with van der Waals surface area (Å²) in [4.78, 5) is 39.2. The maximum Gasteiger partial charge on any atom is 0.325 e. The summed E-state index contributed by atoms with van der Waals surface area (Å²) in [6.07, 6.45) is 0. The largest absolute Gasteiger partial charge is 0.339 e. The van der Waals surface area contributed by atoms with E-state index in [1.54, 1.807) is 27.0 Å². The van der Waals surface area contributed by atoms with E-state index >= 15 is 0 Å². The van der Waals surface area contributed by atoms with Crippen molar-refractivity contribution in [2.45, 2.75) is 25.9 Å². The highest BCUT2D eigenvalue weighted by Gasteiger charge is 2.45. The molecule has 1 N–H and O–H groups in total. The number of thiophene rings is 1. The molecule has 0 saturated carbocycles. The van der Waals surface area contributed by atoms with Gasteiger partial charge in [-0.25, -0.2) is 4.79 Å². The number of hydrogen-bond acceptors (Lipinski definition) is 4. The lowest BCUT2D eigenvalue weighted by Gasteiger charge is -2.20. The lowest BCUT2D eigenvalue weighted by molar-refractivity contribution is -0.138. The van der Waals surface area contributed by atoms with Gasteiger partial charge in [0.05, 0.1) is 10.9 Å². The van der Waals surface area contributed by atoms with Gasteiger partial charge in [-0.3, -0.25) is 14.5 Å². The zero-order valence-electron chi connectivity index (χ0n) is 12.0. The van der Waals surface area contributed by atoms with Crippen LogP contribution in [0.25, 0.3) is 0 Å². The maximum atomic E-state index is 12.1. The van der Waals surface area contributed by atoms with Crippen molar-refractivity contribution in [3.05, 3.63) is 21.3 Å². The van der Waals surface area contributed by atoms with Gasteiger partial charge in [0.25, 0.3) is 5.91 Å². The molecular weight excluding hydrogens is 314 g/mol. The molecule has 0 radical (unpaired) electrons. The van der Waals surface area contributed by atoms with Crippen LogP contribution in [0.1, 0.15) is 18.7 Å². The standard InChI is InChI=1S/C13H16ClN3O3S/c1-13(2)11(19)17(12(20)15-13)7-10(18)16(3)6-8-4-5-9(14)21-8/h4-5H,6-7H2,1-3H3,(H,15,20). The molecule has 6 nitrogen and oxygen atoms in total. The van der Waals surface area contributed by atoms with Gasteiger partial charge in [-0.1, -0.05) is 11.6 Å². The maximum absolute atomic E-state index is 12.1. The van der Waals surface area contributed by atoms with Crippen molar-refractivity contribution in [3.8, 4) is 0 Å². The summed E-state index contributed by atoms with van der Waals surface area (Å²) in [6.45, 7) is 3.34. The molecule has 114 valence electrons. The van der Waals surface area contributed by atoms with Crippen LogP contribution in [0.5, 0.6) is 0 Å². The number of urea groups is 1. The van der Waals surface area contributed by atoms with Gasteiger partial charge in [-0.05, 0) is 26.0 Å². The van der Waals surface area contributed by atoms with Crippen molar-refractivity contribution in [1.29, 1.82) is 0 Å². The van der Waals surface area contributed by atoms with E-state index in [0.717, 1.165) is 9.78 Å². The molecule has 0 spiro atoms. The minimum Gasteiger partial charge on any atom is -0.339 e. The fraction of sp³-hybridized carbons (Fsp3) is 0.462. The van der Waals surface area contributed by atoms with Crippen molar-refractivity contribution < 1.29 is 14.4 Å². The number of amides is 4. The monoisotopic (exact) mass is 329 g/mol. The summed E-state index contributed by atoms with van der Waals surface area (Å²) in [7, 11) is 1.62. The van der Waals surface area contributed by atoms with Crippen molar-refractivity contribution >= 4 is 40.8 Å². The predicted octanol–water partition coefficient (Wildman–Crippen LogP) is 1.69. The Labute approximate surface area is 131 Å². The zero-order valence-corrected chi connectivity index (χ0v) is 13.5. The minimum atomic E-state index is -0.961. The molecule has 0 atom stereocenters. The molecule has 1 aliphatic heterocycles. The van der Waals surface area contributed by atoms with Crippen molar-refractivity contribution in [2.24, 2.45) is 0 Å². The number of halogens is 1. The van der Waals surface area contributed by atoms with Gasteiger partial charge in [-0.15, -0.1) is 11.3 Å². The quantitative estimate of drug-likeness (QED) is 0.855. The van der Waals surface area contributed by atoms with Crippen LogP contribution in [0, 0.1) is 0 Å². The molecule has 21 heavy (non-hydrogen) atoms. The van der Waals surface area contributed by atoms with Gasteiger partial charge in [-0.2, -0.15) is 0 Å². The van der Waals surface area contributed by atoms with E-state index in [9.17, 15) is 14.4 Å². The number of rotatable bonds is 4. The molecule has 1 aromatic rings. The smallest absolute Gasteiger partial charge is 0.325 e. The van der Waals surface area contributed by atoms with Gasteiger partial charge in [0.1, 0.15) is 12.1 Å². The molecule has 0 bridgehead atoms. The Morgan fingerprint density at radius 1 is 1.43 bits per heavy atom. The van der Waals surface area contributed by atoms with Gasteiger partial charge in [0.15, 0.2) is 0 Å². The number of likely N-dealkylation sites (N-methyl/N-ethyl adjacent to an activating group) is 1. The Bertz CT molecular complexity index is 599. The second kappa shape index (κ2) is 5.65. The molecule has 0 aromatic carbocycles. The van der Waals surface area contributed by atoms with Gasteiger partial charge < -0.3 is 10.2 Å². The third-order valence-corrected chi connectivity index (χ3v) is 4.40. The molecule has 0 aliphatic carbocycles. The number of carbonyl (C=O) groups excluding carboxylic acids is 3. The molecule has 1 fully saturated rings. The van der Waals surface area contributed by atoms with Crippen LogP contribution < -0.4 is 5.32 Å². The van der Waals surface area contributed by atoms with Crippen LogP contribution in [0.4, 0.5) is 4.79 Å². The molecule has 0 unspecified atom stereocenters. The number of carbonyl (C=O) groups is 3. The summed E-state index contributed by atoms with van der Waals surface area (Å²) >= 11 is 7.23. The average molecular weight is 330 g/mol. The lowest BCUT2D eigenvalue weighted by atomic mass is 10.1. The van der Waals surface area contributed by atoms with Crippen LogP contribution in [0.2, 0.25) is 4.34 Å². The summed E-state index contributed by atoms with van der Waals surface area (Å²) in [5.74, 6) is -0.700. The Kier molecular flexibility index (Phi) is 4.25. The Morgan fingerprint density at radius 3 is 2.57 bits per heavy atom. The lowest BCUT2D eigenvalue weighted by Crippen LogP contribution is -2.43. The second-order valence-corrected chi connectivity index (χ2v) is 7.20. The van der Waals surface area contributed by atoms with Crippen LogP contribution in [-0.4, -0.2) is 46.8 Å². The fourth-order valence-corrected chi connectivity index (χ4v) is 3.12. The van der Waals surface area contributed by atoms with Gasteiger partial charge in [0, 0.05) is 11.9 Å². The molecule has 2 heterocycles. The van der Waals surface area contributed by atoms with Crippen LogP contribution in [-0.2, 0) is 16.1 Å². The first kappa shape index (κ1) is 15.8. The first-order chi connectivity index (χ1) is 9.70. The number of nitrogens with zero attached hydrogens (tertiary/aromatic N) is 2. The van der Waals surface area contributed by atoms with Crippen LogP contribution >= 0.6 is 22.9 Å². The van der Waals surface area contributed by atoms with Crippen molar-refractivity contribution in [1.82, 2.24) is 15.1 Å². The molecule has 8 heteroatoms. The first-order valence-corrected chi connectivity index (χ1v) is 7.52. The van der Waals surface area contributed by atoms with Gasteiger partial charge in [0.2, 0.25) is 5.91 Å². The van der Waals surface area contributed by atoms with Crippen molar-refractivity contribution in [3.63, 3.8) is 0 Å². The normalized spacial score (nSPS) is 17.0. The Balaban J connectivity index is 1.98. The van der Waals surface area contributed by atoms with Crippen LogP contribution in [0.3, 0.4) is 0 Å². The molecule has 1 aliphatic rings. The van der Waals surface area contributed by atoms with E-state index in [4.69, 9.17) is 11.6 Å². The van der Waals surface area contributed by atoms with Crippen LogP contribution in [0.15, 0.2) is 12.1 Å². The fourth-order valence-electron chi connectivity index (χ4n) is 1.98. The number of imide groups is 1. The molecule has 4 amide bonds. The summed E-state index contributed by atoms with van der Waals surface area (Å²) in [5.41, 5.74) is -0.961. The Morgan fingerprint density at radius 2 is 2.10 bits per heavy atom. The predicted molar refractivity (Wildman–Crippen MR) is 80.1 cm³/mol. The minimum absolute atomic E-state index is 0.260. The third-order valence-electron chi connectivity index (χ3n) is 3.19. The van der Waals surface area contributed by atoms with Gasteiger partial charge >= 0.3 is 6.03 Å². The van der Waals surface area contributed by atoms with E-state index in [1.165, 1.54) is 16.2 Å². The van der Waals surface area contributed by atoms with E-state index in [-0.39, 0.29) is 12.5 Å². The number of hydrogen-bond donors (Lipinski definition) is 1. The highest BCUT2D eigenvalue weighted by Crippen LogP contribution is 2.22. The van der Waals surface area contributed by atoms with E-state index in [2.05, 4.69) is 5.32 Å². The van der Waals surface area contributed by atoms with E-state index in [1.807, 2.05) is 6.07 Å². The summed E-state index contributed by atoms with van der Waals surface area (Å²) < 4.78 is 0.654.